The van der Waals surface area contributed by atoms with E-state index in [0.717, 1.165) is 60.4 Å². The van der Waals surface area contributed by atoms with Crippen LogP contribution in [0.15, 0.2) is 52.3 Å². The van der Waals surface area contributed by atoms with E-state index in [-0.39, 0.29) is 5.92 Å². The van der Waals surface area contributed by atoms with Crippen LogP contribution in [0.2, 0.25) is 0 Å². The molecule has 2 aromatic carbocycles. The van der Waals surface area contributed by atoms with Crippen LogP contribution in [-0.2, 0) is 16.4 Å². The van der Waals surface area contributed by atoms with Crippen molar-refractivity contribution in [3.05, 3.63) is 48.0 Å². The largest absolute Gasteiger partial charge is 0.416 e. The Morgan fingerprint density at radius 1 is 1.03 bits per heavy atom. The summed E-state index contributed by atoms with van der Waals surface area (Å²) in [6.45, 7) is 3.51. The molecule has 0 aliphatic carbocycles. The van der Waals surface area contributed by atoms with Gasteiger partial charge in [-0.3, -0.25) is 0 Å². The molecule has 2 aliphatic rings. The number of anilines is 2. The molecule has 0 radical (unpaired) electrons. The molecular weight excluding hydrogens is 473 g/mol. The number of hydrogen-bond donors (Lipinski definition) is 2. The Hall–Kier alpha value is -1.79. The van der Waals surface area contributed by atoms with Gasteiger partial charge in [-0.15, -0.1) is 0 Å². The minimum atomic E-state index is -4.38. The Bertz CT molecular complexity index is 1090. The molecule has 6 nitrogen and oxygen atoms in total. The van der Waals surface area contributed by atoms with E-state index in [4.69, 9.17) is 5.14 Å². The normalized spacial score (nSPS) is 17.6. The highest BCUT2D eigenvalue weighted by molar-refractivity contribution is 7.99. The minimum Gasteiger partial charge on any atom is -0.340 e. The lowest BCUT2D eigenvalue weighted by atomic mass is 9.97. The van der Waals surface area contributed by atoms with Crippen molar-refractivity contribution in [2.45, 2.75) is 35.2 Å². The Morgan fingerprint density at radius 3 is 2.42 bits per heavy atom. The fourth-order valence-electron chi connectivity index (χ4n) is 4.35. The number of likely N-dealkylation sites (tertiary alicyclic amines) is 1. The lowest BCUT2D eigenvalue weighted by Gasteiger charge is -2.35. The monoisotopic (exact) mass is 500 g/mol. The summed E-state index contributed by atoms with van der Waals surface area (Å²) in [5.41, 5.74) is 0.893. The Balaban J connectivity index is 1.39. The van der Waals surface area contributed by atoms with E-state index in [1.165, 1.54) is 17.8 Å². The van der Waals surface area contributed by atoms with Gasteiger partial charge in [0.1, 0.15) is 0 Å². The number of benzene rings is 2. The molecule has 0 unspecified atom stereocenters. The molecule has 3 N–H and O–H groups in total. The second-order valence-corrected chi connectivity index (χ2v) is 10.9. The van der Waals surface area contributed by atoms with Crippen LogP contribution in [0.5, 0.6) is 0 Å². The summed E-state index contributed by atoms with van der Waals surface area (Å²) < 4.78 is 64.6. The standard InChI is InChI=1S/C22H27F3N4O2S2/c23-22(24,25)17-6-7-21-19(14-17)29(18-4-1-2-5-20(18)32-21)11-3-10-28-12-8-16(9-13-28)15-27-33(26,30)31/h1-2,4-7,14,16,27H,3,8-13,15H2,(H2,26,30,31). The molecule has 4 rings (SSSR count). The third-order valence-electron chi connectivity index (χ3n) is 6.09. The van der Waals surface area contributed by atoms with Crippen molar-refractivity contribution in [2.75, 3.05) is 37.6 Å². The van der Waals surface area contributed by atoms with Crippen molar-refractivity contribution < 1.29 is 21.6 Å². The second kappa shape index (κ2) is 9.83. The van der Waals surface area contributed by atoms with E-state index in [0.29, 0.717) is 18.8 Å². The average Bonchev–Trinajstić information content (AvgIpc) is 2.76. The van der Waals surface area contributed by atoms with Gasteiger partial charge < -0.3 is 9.80 Å². The number of fused-ring (bicyclic) bond motifs is 2. The first-order valence-corrected chi connectivity index (χ1v) is 13.2. The average molecular weight is 501 g/mol. The summed E-state index contributed by atoms with van der Waals surface area (Å²) in [6.07, 6.45) is -1.83. The number of piperidine rings is 1. The van der Waals surface area contributed by atoms with Gasteiger partial charge in [0.15, 0.2) is 0 Å². The van der Waals surface area contributed by atoms with E-state index in [1.807, 2.05) is 29.2 Å². The molecule has 0 aromatic heterocycles. The summed E-state index contributed by atoms with van der Waals surface area (Å²) in [5, 5.41) is 5.00. The van der Waals surface area contributed by atoms with Gasteiger partial charge in [-0.2, -0.15) is 21.6 Å². The van der Waals surface area contributed by atoms with Crippen molar-refractivity contribution in [3.63, 3.8) is 0 Å². The number of para-hydroxylation sites is 1. The van der Waals surface area contributed by atoms with Crippen LogP contribution in [0.1, 0.15) is 24.8 Å². The van der Waals surface area contributed by atoms with Crippen LogP contribution in [0.3, 0.4) is 0 Å². The van der Waals surface area contributed by atoms with Gasteiger partial charge in [-0.05, 0) is 75.1 Å². The molecule has 11 heteroatoms. The van der Waals surface area contributed by atoms with Crippen molar-refractivity contribution >= 4 is 33.3 Å². The maximum absolute atomic E-state index is 13.4. The zero-order valence-electron chi connectivity index (χ0n) is 18.0. The Morgan fingerprint density at radius 2 is 1.73 bits per heavy atom. The molecule has 0 atom stereocenters. The van der Waals surface area contributed by atoms with Crippen molar-refractivity contribution in [1.29, 1.82) is 0 Å². The molecule has 0 amide bonds. The fourth-order valence-corrected chi connectivity index (χ4v) is 5.89. The van der Waals surface area contributed by atoms with Gasteiger partial charge in [0.25, 0.3) is 10.2 Å². The van der Waals surface area contributed by atoms with E-state index in [2.05, 4.69) is 9.62 Å². The van der Waals surface area contributed by atoms with Crippen LogP contribution in [0.4, 0.5) is 24.5 Å². The zero-order chi connectivity index (χ0) is 23.6. The highest BCUT2D eigenvalue weighted by Crippen LogP contribution is 2.49. The molecule has 0 bridgehead atoms. The Kier molecular flexibility index (Phi) is 7.25. The predicted molar refractivity (Wildman–Crippen MR) is 124 cm³/mol. The number of alkyl halides is 3. The first-order chi connectivity index (χ1) is 15.6. The molecule has 1 fully saturated rings. The number of halogens is 3. The molecular formula is C22H27F3N4O2S2. The van der Waals surface area contributed by atoms with Gasteiger partial charge in [-0.25, -0.2) is 9.86 Å². The summed E-state index contributed by atoms with van der Waals surface area (Å²) in [4.78, 5) is 6.18. The highest BCUT2D eigenvalue weighted by atomic mass is 32.2. The SMILES string of the molecule is NS(=O)(=O)NCC1CCN(CCCN2c3ccccc3Sc3ccc(C(F)(F)F)cc32)CC1. The maximum Gasteiger partial charge on any atom is 0.416 e. The van der Waals surface area contributed by atoms with Crippen LogP contribution in [-0.4, -0.2) is 46.0 Å². The first kappa shape index (κ1) is 24.3. The lowest BCUT2D eigenvalue weighted by molar-refractivity contribution is -0.137. The summed E-state index contributed by atoms with van der Waals surface area (Å²) in [5.74, 6) is 0.262. The number of hydrogen-bond acceptors (Lipinski definition) is 5. The molecule has 180 valence electrons. The third kappa shape index (κ3) is 6.21. The smallest absolute Gasteiger partial charge is 0.340 e. The summed E-state index contributed by atoms with van der Waals surface area (Å²) in [7, 11) is -3.67. The van der Waals surface area contributed by atoms with Crippen LogP contribution in [0, 0.1) is 5.92 Å². The van der Waals surface area contributed by atoms with E-state index in [9.17, 15) is 21.6 Å². The molecule has 1 saturated heterocycles. The minimum absolute atomic E-state index is 0.262. The van der Waals surface area contributed by atoms with Gasteiger partial charge in [-0.1, -0.05) is 23.9 Å². The zero-order valence-corrected chi connectivity index (χ0v) is 19.6. The van der Waals surface area contributed by atoms with E-state index >= 15 is 0 Å². The van der Waals surface area contributed by atoms with Crippen LogP contribution >= 0.6 is 11.8 Å². The molecule has 2 aromatic rings. The number of nitrogens with zero attached hydrogens (tertiary/aromatic N) is 2. The maximum atomic E-state index is 13.4. The fraction of sp³-hybridized carbons (Fsp3) is 0.455. The number of rotatable bonds is 7. The first-order valence-electron chi connectivity index (χ1n) is 10.9. The van der Waals surface area contributed by atoms with Gasteiger partial charge in [0.05, 0.1) is 16.9 Å². The molecule has 0 spiro atoms. The van der Waals surface area contributed by atoms with Crippen molar-refractivity contribution in [1.82, 2.24) is 9.62 Å². The third-order valence-corrected chi connectivity index (χ3v) is 7.79. The number of nitrogens with one attached hydrogen (secondary N) is 1. The van der Waals surface area contributed by atoms with Crippen molar-refractivity contribution in [3.8, 4) is 0 Å². The van der Waals surface area contributed by atoms with Crippen LogP contribution in [0.25, 0.3) is 0 Å². The predicted octanol–water partition coefficient (Wildman–Crippen LogP) is 4.20. The summed E-state index contributed by atoms with van der Waals surface area (Å²) >= 11 is 1.50. The quantitative estimate of drug-likeness (QED) is 0.596. The Labute approximate surface area is 196 Å². The second-order valence-electron chi connectivity index (χ2n) is 8.43. The number of nitrogens with two attached hydrogens (primary N) is 1. The molecule has 33 heavy (non-hydrogen) atoms. The molecule has 0 saturated carbocycles. The van der Waals surface area contributed by atoms with Crippen molar-refractivity contribution in [2.24, 2.45) is 11.1 Å². The van der Waals surface area contributed by atoms with Gasteiger partial charge >= 0.3 is 6.18 Å². The molecule has 2 aliphatic heterocycles. The van der Waals surface area contributed by atoms with Crippen LogP contribution < -0.4 is 14.8 Å². The lowest BCUT2D eigenvalue weighted by Crippen LogP contribution is -2.41. The molecule has 2 heterocycles. The topological polar surface area (TPSA) is 78.7 Å². The van der Waals surface area contributed by atoms with Gasteiger partial charge in [0, 0.05) is 22.9 Å². The van der Waals surface area contributed by atoms with E-state index in [1.54, 1.807) is 6.07 Å². The summed E-state index contributed by atoms with van der Waals surface area (Å²) in [6, 6.07) is 11.8. The highest BCUT2D eigenvalue weighted by Gasteiger charge is 2.33. The van der Waals surface area contributed by atoms with Gasteiger partial charge in [0.2, 0.25) is 0 Å². The van der Waals surface area contributed by atoms with E-state index < -0.39 is 21.9 Å².